The number of likely N-dealkylation sites (N-methyl/N-ethyl adjacent to an activating group) is 1. The Balaban J connectivity index is 4.17. The van der Waals surface area contributed by atoms with Gasteiger partial charge in [0.05, 0.1) is 39.9 Å². The molecule has 0 aliphatic rings. The molecule has 0 bridgehead atoms. The van der Waals surface area contributed by atoms with E-state index in [9.17, 15) is 19.4 Å². The Morgan fingerprint density at radius 1 is 0.412 bits per heavy atom. The molecule has 0 saturated heterocycles. The number of quaternary nitrogens is 1. The number of phosphoric acid groups is 1. The fourth-order valence-corrected chi connectivity index (χ4v) is 9.90. The Morgan fingerprint density at radius 3 is 1.08 bits per heavy atom. The van der Waals surface area contributed by atoms with Crippen molar-refractivity contribution in [3.63, 3.8) is 0 Å². The number of nitrogens with one attached hydrogen (secondary N) is 1. The van der Waals surface area contributed by atoms with E-state index in [1.807, 2.05) is 27.2 Å². The fraction of sp³-hybridized carbons (Fsp3) is 0.645. The van der Waals surface area contributed by atoms with Gasteiger partial charge in [-0.2, -0.15) is 0 Å². The van der Waals surface area contributed by atoms with Crippen molar-refractivity contribution >= 4 is 13.7 Å². The summed E-state index contributed by atoms with van der Waals surface area (Å²) in [6.07, 6.45) is 101. The molecule has 0 spiro atoms. The largest absolute Gasteiger partial charge is 0.472 e. The van der Waals surface area contributed by atoms with E-state index in [-0.39, 0.29) is 19.1 Å². The van der Waals surface area contributed by atoms with E-state index in [0.29, 0.717) is 17.4 Å². The maximum absolute atomic E-state index is 13.0. The Labute approximate surface area is 524 Å². The summed E-state index contributed by atoms with van der Waals surface area (Å²) in [5.74, 6) is -0.201. The molecule has 0 fully saturated rings. The van der Waals surface area contributed by atoms with Crippen LogP contribution in [0.15, 0.2) is 158 Å². The number of aliphatic hydroxyl groups excluding tert-OH is 1. The molecule has 0 aromatic carbocycles. The quantitative estimate of drug-likeness (QED) is 0.0243. The van der Waals surface area contributed by atoms with Gasteiger partial charge in [-0.3, -0.25) is 13.8 Å². The first-order valence-electron chi connectivity index (χ1n) is 34.4. The second kappa shape index (κ2) is 64.6. The number of phosphoric ester groups is 1. The summed E-state index contributed by atoms with van der Waals surface area (Å²) in [6, 6.07) is -0.884. The predicted molar refractivity (Wildman–Crippen MR) is 373 cm³/mol. The van der Waals surface area contributed by atoms with Crippen molar-refractivity contribution in [1.29, 1.82) is 0 Å². The van der Waals surface area contributed by atoms with Crippen molar-refractivity contribution in [3.05, 3.63) is 158 Å². The SMILES string of the molecule is CC/C=C\C/C=C\C/C=C\C/C=C\C/C=C\C/C=C\C/C=C\C/C=C\C/C=C\C/C=C\CCCCCCCCCCCCC(=O)NC(COP(=O)(O)OCC[N+](C)(C)C)C(O)/C=C/CC/C=C/CC/C=C/CCCCCCCCCCCCCC. The number of hydrogen-bond acceptors (Lipinski definition) is 5. The molecule has 0 heterocycles. The molecule has 8 nitrogen and oxygen atoms in total. The maximum Gasteiger partial charge on any atom is 0.472 e. The van der Waals surface area contributed by atoms with Crippen LogP contribution in [0.3, 0.4) is 0 Å². The molecule has 0 rings (SSSR count). The van der Waals surface area contributed by atoms with Crippen LogP contribution in [0.5, 0.6) is 0 Å². The predicted octanol–water partition coefficient (Wildman–Crippen LogP) is 22.2. The normalized spacial score (nSPS) is 14.7. The van der Waals surface area contributed by atoms with E-state index in [0.717, 1.165) is 116 Å². The summed E-state index contributed by atoms with van der Waals surface area (Å²) in [7, 11) is 1.53. The minimum Gasteiger partial charge on any atom is -0.387 e. The lowest BCUT2D eigenvalue weighted by Gasteiger charge is -2.25. The number of carbonyl (C=O) groups excluding carboxylic acids is 1. The van der Waals surface area contributed by atoms with Gasteiger partial charge in [-0.05, 0) is 122 Å². The summed E-state index contributed by atoms with van der Waals surface area (Å²) in [5, 5.41) is 14.0. The molecule has 3 unspecified atom stereocenters. The highest BCUT2D eigenvalue weighted by Gasteiger charge is 2.27. The van der Waals surface area contributed by atoms with E-state index >= 15 is 0 Å². The summed E-state index contributed by atoms with van der Waals surface area (Å²) in [6.45, 7) is 4.67. The van der Waals surface area contributed by atoms with Crippen LogP contribution in [0, 0.1) is 0 Å². The minimum atomic E-state index is -4.38. The highest BCUT2D eigenvalue weighted by molar-refractivity contribution is 7.47. The van der Waals surface area contributed by atoms with E-state index in [1.54, 1.807) is 6.08 Å². The number of allylic oxidation sites excluding steroid dienone is 25. The molecule has 0 aliphatic carbocycles. The number of unbranched alkanes of at least 4 members (excludes halogenated alkanes) is 24. The molecule has 0 aromatic rings. The van der Waals surface area contributed by atoms with Gasteiger partial charge in [-0.25, -0.2) is 4.57 Å². The van der Waals surface area contributed by atoms with Crippen LogP contribution in [0.1, 0.15) is 264 Å². The van der Waals surface area contributed by atoms with Crippen molar-refractivity contribution in [2.45, 2.75) is 276 Å². The van der Waals surface area contributed by atoms with E-state index in [2.05, 4.69) is 165 Å². The molecule has 9 heteroatoms. The zero-order chi connectivity index (χ0) is 61.9. The van der Waals surface area contributed by atoms with Crippen LogP contribution in [-0.2, 0) is 18.4 Å². The molecule has 3 atom stereocenters. The van der Waals surface area contributed by atoms with Crippen molar-refractivity contribution < 1.29 is 32.9 Å². The molecular formula is C76H130N2O6P+. The molecule has 0 radical (unpaired) electrons. The van der Waals surface area contributed by atoms with Crippen molar-refractivity contribution in [2.75, 3.05) is 40.9 Å². The van der Waals surface area contributed by atoms with Gasteiger partial charge in [0.15, 0.2) is 0 Å². The van der Waals surface area contributed by atoms with Crippen molar-refractivity contribution in [1.82, 2.24) is 5.32 Å². The van der Waals surface area contributed by atoms with Crippen LogP contribution in [0.2, 0.25) is 0 Å². The molecule has 0 aliphatic heterocycles. The average molecular weight is 1200 g/mol. The first-order chi connectivity index (χ1) is 41.5. The van der Waals surface area contributed by atoms with Gasteiger partial charge in [0.25, 0.3) is 0 Å². The van der Waals surface area contributed by atoms with E-state index in [1.165, 1.54) is 128 Å². The average Bonchev–Trinajstić information content (AvgIpc) is 3.48. The molecule has 3 N–H and O–H groups in total. The van der Waals surface area contributed by atoms with E-state index in [4.69, 9.17) is 9.05 Å². The molecule has 1 amide bonds. The summed E-state index contributed by atoms with van der Waals surface area (Å²) >= 11 is 0. The Hall–Kier alpha value is -3.88. The van der Waals surface area contributed by atoms with Crippen LogP contribution >= 0.6 is 7.82 Å². The van der Waals surface area contributed by atoms with Gasteiger partial charge in [0.2, 0.25) is 5.91 Å². The summed E-state index contributed by atoms with van der Waals surface area (Å²) in [5.41, 5.74) is 0. The zero-order valence-corrected chi connectivity index (χ0v) is 56.2. The smallest absolute Gasteiger partial charge is 0.387 e. The van der Waals surface area contributed by atoms with Gasteiger partial charge in [0.1, 0.15) is 13.2 Å². The van der Waals surface area contributed by atoms with Gasteiger partial charge in [-0.1, -0.05) is 294 Å². The number of amides is 1. The third-order valence-electron chi connectivity index (χ3n) is 14.5. The van der Waals surface area contributed by atoms with Crippen LogP contribution in [0.4, 0.5) is 0 Å². The lowest BCUT2D eigenvalue weighted by molar-refractivity contribution is -0.870. The molecule has 0 saturated carbocycles. The lowest BCUT2D eigenvalue weighted by Crippen LogP contribution is -2.45. The summed E-state index contributed by atoms with van der Waals surface area (Å²) in [4.78, 5) is 23.4. The second-order valence-corrected chi connectivity index (χ2v) is 25.3. The number of nitrogens with zero attached hydrogens (tertiary/aromatic N) is 1. The zero-order valence-electron chi connectivity index (χ0n) is 55.3. The first-order valence-corrected chi connectivity index (χ1v) is 35.9. The highest BCUT2D eigenvalue weighted by Crippen LogP contribution is 2.43. The molecule has 85 heavy (non-hydrogen) atoms. The molecule has 484 valence electrons. The van der Waals surface area contributed by atoms with Crippen molar-refractivity contribution in [2.24, 2.45) is 0 Å². The topological polar surface area (TPSA) is 105 Å². The third kappa shape index (κ3) is 67.5. The highest BCUT2D eigenvalue weighted by atomic mass is 31.2. The number of carbonyl (C=O) groups is 1. The van der Waals surface area contributed by atoms with Crippen LogP contribution in [-0.4, -0.2) is 73.4 Å². The number of aliphatic hydroxyl groups is 1. The monoisotopic (exact) mass is 1200 g/mol. The fourth-order valence-electron chi connectivity index (χ4n) is 9.16. The molecular weight excluding hydrogens is 1070 g/mol. The van der Waals surface area contributed by atoms with Crippen molar-refractivity contribution in [3.8, 4) is 0 Å². The number of hydrogen-bond donors (Lipinski definition) is 3. The maximum atomic E-state index is 13.0. The van der Waals surface area contributed by atoms with E-state index < -0.39 is 20.0 Å². The minimum absolute atomic E-state index is 0.0454. The van der Waals surface area contributed by atoms with Crippen LogP contribution < -0.4 is 5.32 Å². The first kappa shape index (κ1) is 81.1. The standard InChI is InChI=1S/C76H129N2O6P/c1-6-8-10-12-14-16-18-20-22-24-26-28-30-31-32-33-34-35-36-37-38-39-40-41-42-43-44-45-46-47-48-50-52-54-56-58-60-62-64-66-68-70-76(80)77-74(73-84-85(81,82)83-72-71-78(3,4)5)75(79)69-67-65-63-61-59-57-55-53-51-49-29-27-25-23-21-19-17-15-13-11-9-7-2/h8,10,14,16,20,22,26,28,31-32,34-35,37-38,40-41,43-44,46-47,51,53,59,61,67,69,74-75,79H,6-7,9,11-13,15,17-19,21,23-25,27,29-30,33,36,39,42,45,48-50,52,54-58,60,62-66,68,70-73H2,1-5H3,(H-,77,80,81,82)/p+1/b10-8-,16-14-,22-20-,28-26-,32-31-,35-34-,38-37-,41-40-,44-43-,47-46-,53-51+,61-59+,69-67+. The number of rotatable bonds is 61. The van der Waals surface area contributed by atoms with Gasteiger partial charge < -0.3 is 19.8 Å². The van der Waals surface area contributed by atoms with Gasteiger partial charge in [0, 0.05) is 6.42 Å². The molecule has 0 aromatic heterocycles. The van der Waals surface area contributed by atoms with Gasteiger partial charge in [-0.15, -0.1) is 0 Å². The summed E-state index contributed by atoms with van der Waals surface area (Å²) < 4.78 is 23.8. The Morgan fingerprint density at radius 2 is 0.718 bits per heavy atom. The third-order valence-corrected chi connectivity index (χ3v) is 15.4. The Kier molecular flexibility index (Phi) is 61.6. The second-order valence-electron chi connectivity index (χ2n) is 23.8. The van der Waals surface area contributed by atoms with Gasteiger partial charge >= 0.3 is 7.82 Å². The van der Waals surface area contributed by atoms with Crippen LogP contribution in [0.25, 0.3) is 0 Å². The lowest BCUT2D eigenvalue weighted by atomic mass is 10.0. The Bertz CT molecular complexity index is 1940.